The Labute approximate surface area is 426 Å². The molecule has 0 amide bonds. The van der Waals surface area contributed by atoms with Gasteiger partial charge in [0.15, 0.2) is 6.10 Å². The molecule has 0 spiro atoms. The standard InChI is InChI=1S/C57H109O9.Li/c1-4-7-10-31-40-51(58)43-34-25-19-13-16-22-28-37-46-55(61)64-49-54(66-57(63)48-39-30-24-18-15-21-27-36-45-53(60)42-33-12-9-6-3)50-65-56(62)47-38-29-23-17-14-20-26-35-44-52(59)41-32-11-8-5-2;/h51-54,58,60H,4-50H2,1-3H3;/q-1;+1. The van der Waals surface area contributed by atoms with Gasteiger partial charge in [0.1, 0.15) is 13.2 Å². The van der Waals surface area contributed by atoms with Crippen molar-refractivity contribution in [1.82, 2.24) is 0 Å². The van der Waals surface area contributed by atoms with Crippen molar-refractivity contribution in [3.8, 4) is 0 Å². The average Bonchev–Trinajstić information content (AvgIpc) is 3.30. The molecule has 10 heteroatoms. The van der Waals surface area contributed by atoms with Gasteiger partial charge in [0.05, 0.1) is 12.2 Å². The number of rotatable bonds is 53. The van der Waals surface area contributed by atoms with Crippen LogP contribution in [-0.2, 0) is 28.6 Å². The Kier molecular flexibility index (Phi) is 55.0. The Balaban J connectivity index is 0. The van der Waals surface area contributed by atoms with E-state index in [2.05, 4.69) is 20.8 Å². The van der Waals surface area contributed by atoms with Crippen LogP contribution in [0, 0.1) is 0 Å². The van der Waals surface area contributed by atoms with Gasteiger partial charge in [0.25, 0.3) is 0 Å². The number of carbonyl (C=O) groups excluding carboxylic acids is 3. The molecule has 2 N–H and O–H groups in total. The Morgan fingerprint density at radius 2 is 0.597 bits per heavy atom. The van der Waals surface area contributed by atoms with E-state index in [1.165, 1.54) is 89.9 Å². The molecule has 4 atom stereocenters. The fourth-order valence-electron chi connectivity index (χ4n) is 8.84. The van der Waals surface area contributed by atoms with E-state index in [1.807, 2.05) is 0 Å². The summed E-state index contributed by atoms with van der Waals surface area (Å²) in [6, 6.07) is 0. The van der Waals surface area contributed by atoms with Crippen LogP contribution in [0.15, 0.2) is 0 Å². The van der Waals surface area contributed by atoms with Crippen molar-refractivity contribution in [2.24, 2.45) is 0 Å². The molecule has 0 rings (SSSR count). The molecule has 0 saturated heterocycles. The second kappa shape index (κ2) is 54.2. The molecule has 0 bridgehead atoms. The zero-order valence-electron chi connectivity index (χ0n) is 44.8. The van der Waals surface area contributed by atoms with Gasteiger partial charge in [-0.05, 0) is 44.9 Å². The van der Waals surface area contributed by atoms with E-state index in [0.717, 1.165) is 180 Å². The first-order chi connectivity index (χ1) is 32.2. The first-order valence-corrected chi connectivity index (χ1v) is 28.7. The van der Waals surface area contributed by atoms with Gasteiger partial charge in [-0.3, -0.25) is 14.4 Å². The van der Waals surface area contributed by atoms with Crippen molar-refractivity contribution < 1.29 is 62.8 Å². The van der Waals surface area contributed by atoms with Crippen molar-refractivity contribution in [3.63, 3.8) is 0 Å². The molecule has 0 aromatic heterocycles. The number of aliphatic hydroxyl groups is 2. The molecule has 9 nitrogen and oxygen atoms in total. The van der Waals surface area contributed by atoms with Crippen LogP contribution in [0.1, 0.15) is 310 Å². The van der Waals surface area contributed by atoms with E-state index in [0.29, 0.717) is 12.8 Å². The van der Waals surface area contributed by atoms with Crippen molar-refractivity contribution in [2.45, 2.75) is 334 Å². The van der Waals surface area contributed by atoms with E-state index in [4.69, 9.17) is 14.2 Å². The maximum Gasteiger partial charge on any atom is 1.00 e. The summed E-state index contributed by atoms with van der Waals surface area (Å²) < 4.78 is 16.8. The maximum absolute atomic E-state index is 12.8. The molecule has 392 valence electrons. The Morgan fingerprint density at radius 3 is 0.896 bits per heavy atom. The molecule has 0 fully saturated rings. The summed E-state index contributed by atoms with van der Waals surface area (Å²) in [5.41, 5.74) is 0. The van der Waals surface area contributed by atoms with Gasteiger partial charge in [-0.25, -0.2) is 0 Å². The normalized spacial score (nSPS) is 13.2. The minimum absolute atomic E-state index is 0. The summed E-state index contributed by atoms with van der Waals surface area (Å²) in [7, 11) is 0. The van der Waals surface area contributed by atoms with E-state index >= 15 is 0 Å². The van der Waals surface area contributed by atoms with E-state index in [-0.39, 0.29) is 68.6 Å². The van der Waals surface area contributed by atoms with Crippen LogP contribution in [0.5, 0.6) is 0 Å². The second-order valence-corrected chi connectivity index (χ2v) is 20.1. The van der Waals surface area contributed by atoms with Crippen LogP contribution in [0.25, 0.3) is 0 Å². The molecule has 0 radical (unpaired) electrons. The van der Waals surface area contributed by atoms with Crippen LogP contribution in [0.2, 0.25) is 0 Å². The maximum atomic E-state index is 12.8. The summed E-state index contributed by atoms with van der Waals surface area (Å²) in [6.45, 7) is 6.38. The third-order valence-electron chi connectivity index (χ3n) is 13.3. The number of esters is 3. The van der Waals surface area contributed by atoms with Gasteiger partial charge in [-0.1, -0.05) is 245 Å². The number of hydrogen-bond acceptors (Lipinski definition) is 9. The van der Waals surface area contributed by atoms with Crippen LogP contribution >= 0.6 is 0 Å². The van der Waals surface area contributed by atoms with Gasteiger partial charge < -0.3 is 29.5 Å². The largest absolute Gasteiger partial charge is 1.00 e. The molecule has 4 unspecified atom stereocenters. The molecule has 0 aromatic carbocycles. The van der Waals surface area contributed by atoms with Crippen LogP contribution < -0.4 is 24.0 Å². The van der Waals surface area contributed by atoms with E-state index in [9.17, 15) is 29.7 Å². The van der Waals surface area contributed by atoms with Gasteiger partial charge in [-0.2, -0.15) is 0 Å². The number of ether oxygens (including phenoxy) is 3. The quantitative estimate of drug-likeness (QED) is 0.0264. The van der Waals surface area contributed by atoms with Gasteiger partial charge in [0.2, 0.25) is 0 Å². The number of hydrogen-bond donors (Lipinski definition) is 2. The zero-order chi connectivity index (χ0) is 48.4. The monoisotopic (exact) mass is 945 g/mol. The van der Waals surface area contributed by atoms with E-state index < -0.39 is 12.2 Å². The molecule has 0 aliphatic rings. The van der Waals surface area contributed by atoms with Gasteiger partial charge in [0, 0.05) is 19.3 Å². The van der Waals surface area contributed by atoms with Gasteiger partial charge >= 0.3 is 36.8 Å². The molecular formula is C57H109LiO9. The smallest absolute Gasteiger partial charge is 0.852 e. The summed E-state index contributed by atoms with van der Waals surface area (Å²) in [5.74, 6) is -0.992. The molecule has 0 aliphatic carbocycles. The van der Waals surface area contributed by atoms with Crippen molar-refractivity contribution in [3.05, 3.63) is 0 Å². The topological polar surface area (TPSA) is 142 Å². The Hall–Kier alpha value is -1.11. The second-order valence-electron chi connectivity index (χ2n) is 20.1. The van der Waals surface area contributed by atoms with Crippen LogP contribution in [0.4, 0.5) is 0 Å². The molecule has 0 aliphatic heterocycles. The third-order valence-corrected chi connectivity index (χ3v) is 13.3. The van der Waals surface area contributed by atoms with Crippen molar-refractivity contribution in [2.75, 3.05) is 13.2 Å². The fraction of sp³-hybridized carbons (Fsp3) is 0.947. The minimum atomic E-state index is -0.819. The van der Waals surface area contributed by atoms with Crippen molar-refractivity contribution in [1.29, 1.82) is 0 Å². The SMILES string of the molecule is CCCCCCC([O-])CCCCCCCCCCC(=O)OCC(COC(=O)CCCCCCCCCCC(O)CCCCCC)OC(=O)CCCCCCCCCCC(O)CCCCCC.[Li+]. The van der Waals surface area contributed by atoms with Crippen LogP contribution in [-0.4, -0.2) is 65.8 Å². The Bertz CT molecular complexity index is 991. The summed E-state index contributed by atoms with van der Waals surface area (Å²) >= 11 is 0. The minimum Gasteiger partial charge on any atom is -0.852 e. The number of aliphatic hydroxyl groups excluding tert-OH is 2. The number of carbonyl (C=O) groups is 3. The van der Waals surface area contributed by atoms with Crippen molar-refractivity contribution >= 4 is 17.9 Å². The summed E-state index contributed by atoms with van der Waals surface area (Å²) in [6.07, 6.45) is 44.6. The fourth-order valence-corrected chi connectivity index (χ4v) is 8.84. The molecule has 0 heterocycles. The summed E-state index contributed by atoms with van der Waals surface area (Å²) in [5, 5.41) is 32.5. The Morgan fingerprint density at radius 1 is 0.358 bits per heavy atom. The number of unbranched alkanes of at least 4 members (excludes halogenated alkanes) is 30. The van der Waals surface area contributed by atoms with Crippen LogP contribution in [0.3, 0.4) is 0 Å². The van der Waals surface area contributed by atoms with Gasteiger partial charge in [-0.15, -0.1) is 6.10 Å². The molecule has 67 heavy (non-hydrogen) atoms. The average molecular weight is 945 g/mol. The van der Waals surface area contributed by atoms with E-state index in [1.54, 1.807) is 0 Å². The predicted molar refractivity (Wildman–Crippen MR) is 272 cm³/mol. The zero-order valence-corrected chi connectivity index (χ0v) is 44.8. The molecule has 0 aromatic rings. The predicted octanol–water partition coefficient (Wildman–Crippen LogP) is 12.1. The first-order valence-electron chi connectivity index (χ1n) is 28.7. The molecule has 0 saturated carbocycles. The summed E-state index contributed by atoms with van der Waals surface area (Å²) in [4.78, 5) is 38.1. The first kappa shape index (κ1) is 68.0. The third kappa shape index (κ3) is 52.5. The molecular weight excluding hydrogens is 836 g/mol.